The SMILES string of the molecule is CCCCC(CC)C(Br)c1cccc2ccccc12. The molecule has 19 heavy (non-hydrogen) atoms. The number of halogens is 1. The third-order valence-electron chi connectivity index (χ3n) is 3.99. The molecule has 0 bridgehead atoms. The lowest BCUT2D eigenvalue weighted by atomic mass is 9.89. The second kappa shape index (κ2) is 7.09. The molecule has 0 N–H and O–H groups in total. The fourth-order valence-corrected chi connectivity index (χ4v) is 3.81. The molecule has 0 aliphatic heterocycles. The molecule has 1 heteroatoms. The number of unbranched alkanes of at least 4 members (excludes halogenated alkanes) is 1. The van der Waals surface area contributed by atoms with Gasteiger partial charge in [-0.25, -0.2) is 0 Å². The van der Waals surface area contributed by atoms with Crippen LogP contribution in [-0.4, -0.2) is 0 Å². The molecule has 2 aromatic rings. The largest absolute Gasteiger partial charge is 0.0836 e. The van der Waals surface area contributed by atoms with Gasteiger partial charge in [-0.15, -0.1) is 0 Å². The standard InChI is InChI=1S/C18H23Br/c1-3-5-9-14(4-2)18(19)17-13-8-11-15-10-6-7-12-16(15)17/h6-8,10-14,18H,3-5,9H2,1-2H3. The molecule has 0 aromatic heterocycles. The zero-order valence-electron chi connectivity index (χ0n) is 11.9. The molecule has 0 saturated heterocycles. The summed E-state index contributed by atoms with van der Waals surface area (Å²) in [6.45, 7) is 4.58. The molecule has 0 radical (unpaired) electrons. The maximum absolute atomic E-state index is 3.96. The Morgan fingerprint density at radius 3 is 2.47 bits per heavy atom. The first-order valence-corrected chi connectivity index (χ1v) is 8.31. The van der Waals surface area contributed by atoms with Crippen molar-refractivity contribution in [3.63, 3.8) is 0 Å². The molecule has 0 nitrogen and oxygen atoms in total. The lowest BCUT2D eigenvalue weighted by Crippen LogP contribution is -2.07. The summed E-state index contributed by atoms with van der Waals surface area (Å²) in [7, 11) is 0. The zero-order valence-corrected chi connectivity index (χ0v) is 13.5. The van der Waals surface area contributed by atoms with Gasteiger partial charge in [-0.05, 0) is 28.7 Å². The second-order valence-electron chi connectivity index (χ2n) is 5.28. The third kappa shape index (κ3) is 3.39. The second-order valence-corrected chi connectivity index (χ2v) is 6.27. The normalized spacial score (nSPS) is 14.5. The van der Waals surface area contributed by atoms with Crippen molar-refractivity contribution in [1.82, 2.24) is 0 Å². The minimum absolute atomic E-state index is 0.468. The molecule has 0 amide bonds. The molecule has 2 atom stereocenters. The Morgan fingerprint density at radius 1 is 1.00 bits per heavy atom. The summed E-state index contributed by atoms with van der Waals surface area (Å²) in [6.07, 6.45) is 5.16. The minimum atomic E-state index is 0.468. The van der Waals surface area contributed by atoms with Crippen LogP contribution in [0, 0.1) is 5.92 Å². The molecule has 0 heterocycles. The van der Waals surface area contributed by atoms with Gasteiger partial charge in [-0.1, -0.05) is 91.5 Å². The van der Waals surface area contributed by atoms with Crippen LogP contribution in [0.15, 0.2) is 42.5 Å². The van der Waals surface area contributed by atoms with Crippen LogP contribution in [0.1, 0.15) is 49.9 Å². The lowest BCUT2D eigenvalue weighted by molar-refractivity contribution is 0.447. The summed E-state index contributed by atoms with van der Waals surface area (Å²) < 4.78 is 0. The van der Waals surface area contributed by atoms with E-state index in [0.717, 1.165) is 5.92 Å². The monoisotopic (exact) mass is 318 g/mol. The number of fused-ring (bicyclic) bond motifs is 1. The van der Waals surface area contributed by atoms with Crippen LogP contribution in [0.5, 0.6) is 0 Å². The van der Waals surface area contributed by atoms with Gasteiger partial charge in [-0.3, -0.25) is 0 Å². The van der Waals surface area contributed by atoms with E-state index in [1.165, 1.54) is 42.0 Å². The van der Waals surface area contributed by atoms with E-state index in [0.29, 0.717) is 4.83 Å². The van der Waals surface area contributed by atoms with Gasteiger partial charge in [0.15, 0.2) is 0 Å². The zero-order chi connectivity index (χ0) is 13.7. The minimum Gasteiger partial charge on any atom is -0.0836 e. The fraction of sp³-hybridized carbons (Fsp3) is 0.444. The number of alkyl halides is 1. The molecule has 0 aliphatic carbocycles. The maximum atomic E-state index is 3.96. The number of hydrogen-bond donors (Lipinski definition) is 0. The van der Waals surface area contributed by atoms with Crippen LogP contribution in [0.25, 0.3) is 10.8 Å². The predicted molar refractivity (Wildman–Crippen MR) is 88.9 cm³/mol. The number of hydrogen-bond acceptors (Lipinski definition) is 0. The summed E-state index contributed by atoms with van der Waals surface area (Å²) in [6, 6.07) is 15.3. The van der Waals surface area contributed by atoms with Crippen LogP contribution in [0.4, 0.5) is 0 Å². The summed E-state index contributed by atoms with van der Waals surface area (Å²) in [5.74, 6) is 0.728. The van der Waals surface area contributed by atoms with Crippen molar-refractivity contribution in [3.05, 3.63) is 48.0 Å². The highest BCUT2D eigenvalue weighted by Crippen LogP contribution is 2.39. The highest BCUT2D eigenvalue weighted by molar-refractivity contribution is 9.09. The van der Waals surface area contributed by atoms with E-state index in [2.05, 4.69) is 72.2 Å². The van der Waals surface area contributed by atoms with E-state index in [4.69, 9.17) is 0 Å². The number of rotatable bonds is 6. The Bertz CT molecular complexity index is 513. The Kier molecular flexibility index (Phi) is 5.45. The lowest BCUT2D eigenvalue weighted by Gasteiger charge is -2.22. The van der Waals surface area contributed by atoms with Gasteiger partial charge in [0.25, 0.3) is 0 Å². The Hall–Kier alpha value is -0.820. The smallest absolute Gasteiger partial charge is 0.0429 e. The van der Waals surface area contributed by atoms with Gasteiger partial charge >= 0.3 is 0 Å². The van der Waals surface area contributed by atoms with Crippen molar-refractivity contribution >= 4 is 26.7 Å². The van der Waals surface area contributed by atoms with Gasteiger partial charge in [0.2, 0.25) is 0 Å². The van der Waals surface area contributed by atoms with Gasteiger partial charge in [0, 0.05) is 4.83 Å². The van der Waals surface area contributed by atoms with Crippen LogP contribution in [0.2, 0.25) is 0 Å². The summed E-state index contributed by atoms with van der Waals surface area (Å²) >= 11 is 3.96. The summed E-state index contributed by atoms with van der Waals surface area (Å²) in [4.78, 5) is 0.468. The number of benzene rings is 2. The predicted octanol–water partition coefficient (Wildman–Crippen LogP) is 6.49. The molecule has 0 saturated carbocycles. The van der Waals surface area contributed by atoms with E-state index in [-0.39, 0.29) is 0 Å². The third-order valence-corrected chi connectivity index (χ3v) is 5.23. The molecule has 0 aliphatic rings. The van der Waals surface area contributed by atoms with E-state index < -0.39 is 0 Å². The van der Waals surface area contributed by atoms with E-state index in [9.17, 15) is 0 Å². The summed E-state index contributed by atoms with van der Waals surface area (Å²) in [5.41, 5.74) is 1.45. The van der Waals surface area contributed by atoms with Crippen LogP contribution in [-0.2, 0) is 0 Å². The van der Waals surface area contributed by atoms with Crippen LogP contribution < -0.4 is 0 Å². The van der Waals surface area contributed by atoms with Gasteiger partial charge in [-0.2, -0.15) is 0 Å². The van der Waals surface area contributed by atoms with Crippen molar-refractivity contribution in [2.45, 2.75) is 44.4 Å². The highest BCUT2D eigenvalue weighted by Gasteiger charge is 2.20. The van der Waals surface area contributed by atoms with E-state index in [1.54, 1.807) is 0 Å². The molecule has 2 aromatic carbocycles. The Labute approximate surface area is 125 Å². The molecule has 2 rings (SSSR count). The average molecular weight is 319 g/mol. The molecule has 0 spiro atoms. The van der Waals surface area contributed by atoms with Crippen molar-refractivity contribution in [2.24, 2.45) is 5.92 Å². The molecule has 0 fully saturated rings. The topological polar surface area (TPSA) is 0 Å². The van der Waals surface area contributed by atoms with Gasteiger partial charge in [0.05, 0.1) is 0 Å². The Morgan fingerprint density at radius 2 is 1.74 bits per heavy atom. The maximum Gasteiger partial charge on any atom is 0.0429 e. The Balaban J connectivity index is 2.31. The van der Waals surface area contributed by atoms with Crippen LogP contribution >= 0.6 is 15.9 Å². The molecule has 102 valence electrons. The van der Waals surface area contributed by atoms with Crippen LogP contribution in [0.3, 0.4) is 0 Å². The summed E-state index contributed by atoms with van der Waals surface area (Å²) in [5, 5.41) is 2.73. The van der Waals surface area contributed by atoms with Crippen molar-refractivity contribution < 1.29 is 0 Å². The van der Waals surface area contributed by atoms with Gasteiger partial charge < -0.3 is 0 Å². The molecule has 2 unspecified atom stereocenters. The fourth-order valence-electron chi connectivity index (χ4n) is 2.77. The first kappa shape index (κ1) is 14.6. The quantitative estimate of drug-likeness (QED) is 0.534. The van der Waals surface area contributed by atoms with Crippen molar-refractivity contribution in [2.75, 3.05) is 0 Å². The van der Waals surface area contributed by atoms with Gasteiger partial charge in [0.1, 0.15) is 0 Å². The average Bonchev–Trinajstić information content (AvgIpc) is 2.47. The highest BCUT2D eigenvalue weighted by atomic mass is 79.9. The van der Waals surface area contributed by atoms with Crippen molar-refractivity contribution in [1.29, 1.82) is 0 Å². The molecular formula is C18H23Br. The first-order chi connectivity index (χ1) is 9.27. The van der Waals surface area contributed by atoms with Crippen molar-refractivity contribution in [3.8, 4) is 0 Å². The van der Waals surface area contributed by atoms with E-state index >= 15 is 0 Å². The first-order valence-electron chi connectivity index (χ1n) is 7.39. The molecular weight excluding hydrogens is 296 g/mol. The van der Waals surface area contributed by atoms with E-state index in [1.807, 2.05) is 0 Å².